The molecule has 0 amide bonds. The van der Waals surface area contributed by atoms with Gasteiger partial charge in [0.2, 0.25) is 0 Å². The predicted octanol–water partition coefficient (Wildman–Crippen LogP) is 3.25. The van der Waals surface area contributed by atoms with Gasteiger partial charge in [0.15, 0.2) is 16.8 Å². The van der Waals surface area contributed by atoms with Crippen molar-refractivity contribution in [2.45, 2.75) is 37.9 Å². The minimum atomic E-state index is -0.712. The number of thioether (sulfide) groups is 1. The van der Waals surface area contributed by atoms with E-state index in [9.17, 15) is 14.4 Å². The summed E-state index contributed by atoms with van der Waals surface area (Å²) in [4.78, 5) is 37.8. The second-order valence-corrected chi connectivity index (χ2v) is 10.8. The Bertz CT molecular complexity index is 1560. The number of carbonyl (C=O) groups excluding carboxylic acids is 1. The lowest BCUT2D eigenvalue weighted by molar-refractivity contribution is 0.102. The van der Waals surface area contributed by atoms with Crippen molar-refractivity contribution in [3.8, 4) is 11.4 Å². The van der Waals surface area contributed by atoms with Crippen LogP contribution in [0.4, 0.5) is 5.82 Å². The van der Waals surface area contributed by atoms with Gasteiger partial charge in [-0.3, -0.25) is 23.3 Å². The number of carbonyl (C=O) groups is 1. The zero-order chi connectivity index (χ0) is 26.9. The Balaban J connectivity index is 1.68. The van der Waals surface area contributed by atoms with Gasteiger partial charge >= 0.3 is 5.69 Å². The Morgan fingerprint density at radius 1 is 0.946 bits per heavy atom. The Labute approximate surface area is 219 Å². The molecule has 0 aliphatic rings. The lowest BCUT2D eigenvalue weighted by atomic mass is 9.87. The molecule has 2 aromatic carbocycles. The summed E-state index contributed by atoms with van der Waals surface area (Å²) >= 11 is 1.17. The van der Waals surface area contributed by atoms with Gasteiger partial charge in [0, 0.05) is 19.7 Å². The molecule has 0 spiro atoms. The van der Waals surface area contributed by atoms with Crippen LogP contribution >= 0.6 is 11.8 Å². The minimum Gasteiger partial charge on any atom is -0.384 e. The fourth-order valence-corrected chi connectivity index (χ4v) is 4.77. The number of hydrogen-bond acceptors (Lipinski definition) is 7. The molecule has 10 heteroatoms. The van der Waals surface area contributed by atoms with Gasteiger partial charge in [0.05, 0.1) is 12.3 Å². The molecule has 4 rings (SSSR count). The zero-order valence-electron chi connectivity index (χ0n) is 21.6. The highest BCUT2D eigenvalue weighted by Gasteiger charge is 2.23. The molecule has 0 aliphatic carbocycles. The molecule has 2 aromatic heterocycles. The van der Waals surface area contributed by atoms with E-state index in [0.717, 1.165) is 20.3 Å². The quantitative estimate of drug-likeness (QED) is 0.295. The zero-order valence-corrected chi connectivity index (χ0v) is 22.4. The molecule has 4 aromatic rings. The van der Waals surface area contributed by atoms with E-state index >= 15 is 0 Å². The van der Waals surface area contributed by atoms with Gasteiger partial charge in [-0.15, -0.1) is 10.2 Å². The minimum absolute atomic E-state index is 0.0252. The number of aromatic nitrogens is 5. The number of ketones is 1. The summed E-state index contributed by atoms with van der Waals surface area (Å²) in [6, 6.07) is 18.1. The van der Waals surface area contributed by atoms with Crippen LogP contribution in [-0.4, -0.2) is 35.4 Å². The van der Waals surface area contributed by atoms with Crippen molar-refractivity contribution >= 4 is 23.4 Å². The van der Waals surface area contributed by atoms with E-state index in [4.69, 9.17) is 5.73 Å². The maximum absolute atomic E-state index is 13.1. The fourth-order valence-electron chi connectivity index (χ4n) is 3.96. The summed E-state index contributed by atoms with van der Waals surface area (Å²) < 4.78 is 3.93. The molecule has 9 nitrogen and oxygen atoms in total. The monoisotopic (exact) mass is 518 g/mol. The summed E-state index contributed by atoms with van der Waals surface area (Å²) in [5.41, 5.74) is 7.66. The molecule has 0 unspecified atom stereocenters. The number of nitrogens with zero attached hydrogens (tertiary/aromatic N) is 5. The second kappa shape index (κ2) is 10.2. The van der Waals surface area contributed by atoms with Crippen molar-refractivity contribution in [1.29, 1.82) is 0 Å². The molecule has 0 aliphatic heterocycles. The van der Waals surface area contributed by atoms with Crippen LogP contribution in [0.25, 0.3) is 11.4 Å². The number of hydrogen-bond donors (Lipinski definition) is 1. The Morgan fingerprint density at radius 2 is 1.59 bits per heavy atom. The highest BCUT2D eigenvalue weighted by Crippen LogP contribution is 2.29. The molecule has 0 atom stereocenters. The first-order chi connectivity index (χ1) is 17.5. The van der Waals surface area contributed by atoms with E-state index in [1.807, 2.05) is 47.0 Å². The molecule has 2 heterocycles. The van der Waals surface area contributed by atoms with E-state index in [0.29, 0.717) is 17.5 Å². The molecule has 0 saturated carbocycles. The largest absolute Gasteiger partial charge is 0.384 e. The third-order valence-corrected chi connectivity index (χ3v) is 7.20. The standard InChI is InChI=1S/C27H30N6O3S/c1-27(2,3)19-13-11-18(12-14-19)23-29-30-25(33(23)15-17-9-7-6-8-10-17)37-16-20(34)21-22(28)31(4)26(36)32(5)24(21)35/h6-14H,15-16,28H2,1-5H3. The SMILES string of the molecule is Cn1c(N)c(C(=O)CSc2nnc(-c3ccc(C(C)(C)C)cc3)n2Cc2ccccc2)c(=O)n(C)c1=O. The van der Waals surface area contributed by atoms with Crippen LogP contribution < -0.4 is 17.0 Å². The molecule has 37 heavy (non-hydrogen) atoms. The van der Waals surface area contributed by atoms with E-state index in [-0.39, 0.29) is 22.5 Å². The van der Waals surface area contributed by atoms with Crippen molar-refractivity contribution in [2.24, 2.45) is 14.1 Å². The van der Waals surface area contributed by atoms with Crippen LogP contribution in [-0.2, 0) is 26.1 Å². The van der Waals surface area contributed by atoms with Crippen LogP contribution in [0.5, 0.6) is 0 Å². The molecular formula is C27H30N6O3S. The van der Waals surface area contributed by atoms with Crippen LogP contribution in [0.2, 0.25) is 0 Å². The van der Waals surface area contributed by atoms with E-state index in [1.165, 1.54) is 31.4 Å². The number of benzene rings is 2. The van der Waals surface area contributed by atoms with Gasteiger partial charge in [0.1, 0.15) is 11.4 Å². The molecule has 0 fully saturated rings. The van der Waals surface area contributed by atoms with Crippen LogP contribution in [0, 0.1) is 0 Å². The summed E-state index contributed by atoms with van der Waals surface area (Å²) in [6.07, 6.45) is 0. The lowest BCUT2D eigenvalue weighted by Crippen LogP contribution is -2.41. The second-order valence-electron chi connectivity index (χ2n) is 9.88. The number of anilines is 1. The average Bonchev–Trinajstić information content (AvgIpc) is 3.27. The van der Waals surface area contributed by atoms with Gasteiger partial charge in [-0.05, 0) is 16.5 Å². The number of nitrogens with two attached hydrogens (primary N) is 1. The van der Waals surface area contributed by atoms with Crippen LogP contribution in [0.1, 0.15) is 42.3 Å². The third kappa shape index (κ3) is 5.29. The van der Waals surface area contributed by atoms with Crippen molar-refractivity contribution in [1.82, 2.24) is 23.9 Å². The first-order valence-corrected chi connectivity index (χ1v) is 12.8. The molecule has 2 N–H and O–H groups in total. The van der Waals surface area contributed by atoms with Gasteiger partial charge < -0.3 is 5.73 Å². The van der Waals surface area contributed by atoms with Gasteiger partial charge in [0.25, 0.3) is 5.56 Å². The van der Waals surface area contributed by atoms with E-state index in [2.05, 4.69) is 43.1 Å². The predicted molar refractivity (Wildman–Crippen MR) is 146 cm³/mol. The average molecular weight is 519 g/mol. The van der Waals surface area contributed by atoms with Gasteiger partial charge in [-0.25, -0.2) is 4.79 Å². The molecular weight excluding hydrogens is 488 g/mol. The highest BCUT2D eigenvalue weighted by atomic mass is 32.2. The van der Waals surface area contributed by atoms with Crippen LogP contribution in [0.15, 0.2) is 69.3 Å². The fraction of sp³-hybridized carbons (Fsp3) is 0.296. The van der Waals surface area contributed by atoms with Crippen molar-refractivity contribution < 1.29 is 4.79 Å². The Kier molecular flexibility index (Phi) is 7.22. The maximum atomic E-state index is 13.1. The number of Topliss-reactive ketones (excluding diaryl/α,β-unsaturated/α-hetero) is 1. The first kappa shape index (κ1) is 26.2. The molecule has 0 bridgehead atoms. The number of nitrogen functional groups attached to an aromatic ring is 1. The molecule has 192 valence electrons. The first-order valence-electron chi connectivity index (χ1n) is 11.8. The molecule has 0 saturated heterocycles. The Morgan fingerprint density at radius 3 is 2.22 bits per heavy atom. The van der Waals surface area contributed by atoms with Crippen molar-refractivity contribution in [3.63, 3.8) is 0 Å². The lowest BCUT2D eigenvalue weighted by Gasteiger charge is -2.19. The Hall–Kier alpha value is -3.92. The topological polar surface area (TPSA) is 118 Å². The van der Waals surface area contributed by atoms with Crippen molar-refractivity contribution in [2.75, 3.05) is 11.5 Å². The smallest absolute Gasteiger partial charge is 0.332 e. The van der Waals surface area contributed by atoms with E-state index in [1.54, 1.807) is 0 Å². The number of rotatable bonds is 7. The van der Waals surface area contributed by atoms with Crippen LogP contribution in [0.3, 0.4) is 0 Å². The third-order valence-electron chi connectivity index (χ3n) is 6.23. The molecule has 0 radical (unpaired) electrons. The van der Waals surface area contributed by atoms with Gasteiger partial charge in [-0.2, -0.15) is 0 Å². The van der Waals surface area contributed by atoms with E-state index < -0.39 is 17.0 Å². The van der Waals surface area contributed by atoms with Crippen molar-refractivity contribution in [3.05, 3.63) is 92.1 Å². The summed E-state index contributed by atoms with van der Waals surface area (Å²) in [5.74, 6) is -0.0435. The van der Waals surface area contributed by atoms with Gasteiger partial charge in [-0.1, -0.05) is 87.1 Å². The summed E-state index contributed by atoms with van der Waals surface area (Å²) in [5, 5.41) is 9.35. The summed E-state index contributed by atoms with van der Waals surface area (Å²) in [7, 11) is 2.75. The normalized spacial score (nSPS) is 11.6. The highest BCUT2D eigenvalue weighted by molar-refractivity contribution is 7.99. The summed E-state index contributed by atoms with van der Waals surface area (Å²) in [6.45, 7) is 6.99. The maximum Gasteiger partial charge on any atom is 0.332 e.